The first kappa shape index (κ1) is 18.1. The van der Waals surface area contributed by atoms with E-state index in [4.69, 9.17) is 0 Å². The Morgan fingerprint density at radius 3 is 2.62 bits per heavy atom. The Bertz CT molecular complexity index is 999. The molecule has 3 rings (SSSR count). The SMILES string of the molecule is CCCCN1C(c2cccc(C)c2)=NS(=O)(=O)c2cc([N+](=O)[O-])ccc21. The van der Waals surface area contributed by atoms with Crippen molar-refractivity contribution >= 4 is 27.2 Å². The van der Waals surface area contributed by atoms with E-state index in [0.29, 0.717) is 23.6 Å². The van der Waals surface area contributed by atoms with Crippen LogP contribution in [0.5, 0.6) is 0 Å². The quantitative estimate of drug-likeness (QED) is 0.589. The number of non-ortho nitro benzene ring substituents is 1. The van der Waals surface area contributed by atoms with Crippen LogP contribution < -0.4 is 4.90 Å². The molecular weight excluding hydrogens is 354 g/mol. The molecule has 0 saturated heterocycles. The van der Waals surface area contributed by atoms with E-state index in [1.165, 1.54) is 12.1 Å². The number of sulfonamides is 1. The van der Waals surface area contributed by atoms with Gasteiger partial charge in [0.25, 0.3) is 15.7 Å². The van der Waals surface area contributed by atoms with Crippen LogP contribution in [-0.2, 0) is 10.0 Å². The number of hydrogen-bond acceptors (Lipinski definition) is 5. The van der Waals surface area contributed by atoms with Crippen molar-refractivity contribution < 1.29 is 13.3 Å². The summed E-state index contributed by atoms with van der Waals surface area (Å²) in [4.78, 5) is 12.1. The van der Waals surface area contributed by atoms with Gasteiger partial charge in [-0.1, -0.05) is 37.1 Å². The van der Waals surface area contributed by atoms with Crippen molar-refractivity contribution in [2.24, 2.45) is 4.40 Å². The maximum atomic E-state index is 12.7. The van der Waals surface area contributed by atoms with Gasteiger partial charge in [0.15, 0.2) is 5.84 Å². The topological polar surface area (TPSA) is 92.9 Å². The first-order valence-corrected chi connectivity index (χ1v) is 9.75. The second-order valence-corrected chi connectivity index (χ2v) is 7.75. The van der Waals surface area contributed by atoms with E-state index in [-0.39, 0.29) is 10.6 Å². The molecule has 0 amide bonds. The monoisotopic (exact) mass is 373 g/mol. The highest BCUT2D eigenvalue weighted by Crippen LogP contribution is 2.36. The molecule has 26 heavy (non-hydrogen) atoms. The van der Waals surface area contributed by atoms with E-state index in [0.717, 1.165) is 24.5 Å². The third kappa shape index (κ3) is 3.32. The lowest BCUT2D eigenvalue weighted by Gasteiger charge is -2.31. The molecule has 7 nitrogen and oxygen atoms in total. The predicted octanol–water partition coefficient (Wildman–Crippen LogP) is 3.66. The molecule has 0 unspecified atom stereocenters. The maximum Gasteiger partial charge on any atom is 0.286 e. The molecule has 0 N–H and O–H groups in total. The van der Waals surface area contributed by atoms with E-state index in [9.17, 15) is 18.5 Å². The Balaban J connectivity index is 2.21. The standard InChI is InChI=1S/C18H19N3O4S/c1-3-4-10-20-16-9-8-15(21(22)23)12-17(16)26(24,25)19-18(20)14-7-5-6-13(2)11-14/h5-9,11-12H,3-4,10H2,1-2H3. The van der Waals surface area contributed by atoms with Crippen molar-refractivity contribution in [3.05, 3.63) is 63.7 Å². The molecule has 0 atom stereocenters. The van der Waals surface area contributed by atoms with Gasteiger partial charge in [0.05, 0.1) is 10.6 Å². The average Bonchev–Trinajstić information content (AvgIpc) is 2.60. The summed E-state index contributed by atoms with van der Waals surface area (Å²) < 4.78 is 29.4. The lowest BCUT2D eigenvalue weighted by molar-refractivity contribution is -0.385. The van der Waals surface area contributed by atoms with Crippen LogP contribution in [0.25, 0.3) is 0 Å². The van der Waals surface area contributed by atoms with Crippen LogP contribution in [0.4, 0.5) is 11.4 Å². The van der Waals surface area contributed by atoms with Crippen LogP contribution in [0.1, 0.15) is 30.9 Å². The zero-order chi connectivity index (χ0) is 18.9. The summed E-state index contributed by atoms with van der Waals surface area (Å²) in [6.07, 6.45) is 1.76. The van der Waals surface area contributed by atoms with Crippen molar-refractivity contribution in [1.29, 1.82) is 0 Å². The minimum atomic E-state index is -4.02. The second kappa shape index (κ2) is 6.87. The lowest BCUT2D eigenvalue weighted by atomic mass is 10.1. The molecule has 2 aromatic carbocycles. The maximum absolute atomic E-state index is 12.7. The van der Waals surface area contributed by atoms with Crippen LogP contribution in [0.15, 0.2) is 51.8 Å². The number of fused-ring (bicyclic) bond motifs is 1. The third-order valence-corrected chi connectivity index (χ3v) is 5.49. The highest BCUT2D eigenvalue weighted by molar-refractivity contribution is 7.90. The fourth-order valence-corrected chi connectivity index (χ4v) is 4.15. The van der Waals surface area contributed by atoms with Crippen LogP contribution in [0.3, 0.4) is 0 Å². The van der Waals surface area contributed by atoms with Gasteiger partial charge >= 0.3 is 0 Å². The van der Waals surface area contributed by atoms with E-state index < -0.39 is 14.9 Å². The highest BCUT2D eigenvalue weighted by atomic mass is 32.2. The summed E-state index contributed by atoms with van der Waals surface area (Å²) in [5.41, 5.74) is 1.86. The molecular formula is C18H19N3O4S. The summed E-state index contributed by atoms with van der Waals surface area (Å²) in [7, 11) is -4.02. The predicted molar refractivity (Wildman–Crippen MR) is 100 cm³/mol. The molecule has 0 spiro atoms. The molecule has 0 fully saturated rings. The minimum Gasteiger partial charge on any atom is -0.324 e. The van der Waals surface area contributed by atoms with Gasteiger partial charge in [-0.3, -0.25) is 10.1 Å². The largest absolute Gasteiger partial charge is 0.324 e. The number of nitro groups is 1. The molecule has 136 valence electrons. The van der Waals surface area contributed by atoms with Crippen molar-refractivity contribution in [3.8, 4) is 0 Å². The number of hydrogen-bond donors (Lipinski definition) is 0. The van der Waals surface area contributed by atoms with Gasteiger partial charge in [-0.05, 0) is 25.5 Å². The first-order chi connectivity index (χ1) is 12.3. The molecule has 1 aliphatic rings. The van der Waals surface area contributed by atoms with Gasteiger partial charge in [0.2, 0.25) is 0 Å². The van der Waals surface area contributed by atoms with E-state index in [1.54, 1.807) is 0 Å². The normalized spacial score (nSPS) is 15.3. The average molecular weight is 373 g/mol. The fraction of sp³-hybridized carbons (Fsp3) is 0.278. The summed E-state index contributed by atoms with van der Waals surface area (Å²) >= 11 is 0. The Morgan fingerprint density at radius 1 is 1.19 bits per heavy atom. The third-order valence-electron chi connectivity index (χ3n) is 4.20. The molecule has 1 heterocycles. The van der Waals surface area contributed by atoms with Crippen molar-refractivity contribution in [3.63, 3.8) is 0 Å². The number of nitro benzene ring substituents is 1. The van der Waals surface area contributed by atoms with Gasteiger partial charge in [-0.15, -0.1) is 4.40 Å². The number of benzene rings is 2. The molecule has 0 saturated carbocycles. The summed E-state index contributed by atoms with van der Waals surface area (Å²) in [6.45, 7) is 4.54. The Hall–Kier alpha value is -2.74. The molecule has 0 radical (unpaired) electrons. The summed E-state index contributed by atoms with van der Waals surface area (Å²) in [6, 6.07) is 11.4. The summed E-state index contributed by atoms with van der Waals surface area (Å²) in [5.74, 6) is 0.350. The number of aryl methyl sites for hydroxylation is 1. The highest BCUT2D eigenvalue weighted by Gasteiger charge is 2.33. The molecule has 0 aliphatic carbocycles. The van der Waals surface area contributed by atoms with Gasteiger partial charge in [-0.2, -0.15) is 8.42 Å². The smallest absolute Gasteiger partial charge is 0.286 e. The Labute approximate surface area is 152 Å². The molecule has 2 aromatic rings. The Kier molecular flexibility index (Phi) is 4.78. The van der Waals surface area contributed by atoms with E-state index in [2.05, 4.69) is 4.40 Å². The zero-order valence-electron chi connectivity index (χ0n) is 14.5. The fourth-order valence-electron chi connectivity index (χ4n) is 2.91. The van der Waals surface area contributed by atoms with Gasteiger partial charge in [0, 0.05) is 24.2 Å². The Morgan fingerprint density at radius 2 is 1.96 bits per heavy atom. The number of nitrogens with zero attached hydrogens (tertiary/aromatic N) is 3. The van der Waals surface area contributed by atoms with E-state index >= 15 is 0 Å². The minimum absolute atomic E-state index is 0.126. The van der Waals surface area contributed by atoms with Crippen LogP contribution in [-0.4, -0.2) is 25.7 Å². The van der Waals surface area contributed by atoms with Crippen molar-refractivity contribution in [2.75, 3.05) is 11.4 Å². The van der Waals surface area contributed by atoms with Crippen LogP contribution in [0.2, 0.25) is 0 Å². The molecule has 1 aliphatic heterocycles. The lowest BCUT2D eigenvalue weighted by Crippen LogP contribution is -2.37. The molecule has 0 bridgehead atoms. The zero-order valence-corrected chi connectivity index (χ0v) is 15.4. The summed E-state index contributed by atoms with van der Waals surface area (Å²) in [5, 5.41) is 11.0. The molecule has 0 aromatic heterocycles. The molecule has 8 heteroatoms. The number of unbranched alkanes of at least 4 members (excludes halogenated alkanes) is 1. The number of amidine groups is 1. The van der Waals surface area contributed by atoms with Crippen LogP contribution in [0, 0.1) is 17.0 Å². The van der Waals surface area contributed by atoms with Gasteiger partial charge in [0.1, 0.15) is 4.90 Å². The first-order valence-electron chi connectivity index (χ1n) is 8.31. The van der Waals surface area contributed by atoms with Crippen LogP contribution >= 0.6 is 0 Å². The van der Waals surface area contributed by atoms with Gasteiger partial charge < -0.3 is 4.90 Å². The van der Waals surface area contributed by atoms with Crippen molar-refractivity contribution in [2.45, 2.75) is 31.6 Å². The van der Waals surface area contributed by atoms with E-state index in [1.807, 2.05) is 43.0 Å². The van der Waals surface area contributed by atoms with Gasteiger partial charge in [-0.25, -0.2) is 0 Å². The number of rotatable bonds is 5. The number of anilines is 1. The second-order valence-electron chi connectivity index (χ2n) is 6.17. The van der Waals surface area contributed by atoms with Crippen molar-refractivity contribution in [1.82, 2.24) is 0 Å².